The van der Waals surface area contributed by atoms with E-state index in [0.717, 1.165) is 0 Å². The van der Waals surface area contributed by atoms with E-state index in [9.17, 15) is 23.4 Å². The number of hydrogen-bond acceptors (Lipinski definition) is 12. The molecule has 0 saturated heterocycles. The molecule has 1 atom stereocenters. The molecule has 14 nitrogen and oxygen atoms in total. The summed E-state index contributed by atoms with van der Waals surface area (Å²) >= 11 is 0. The zero-order chi connectivity index (χ0) is 31.8. The number of H-pyrrole nitrogens is 2. The maximum atomic E-state index is 11.9. The molecule has 0 saturated carbocycles. The third-order valence-electron chi connectivity index (χ3n) is 4.85. The lowest BCUT2D eigenvalue weighted by atomic mass is 10.1. The molecular weight excluding hydrogens is 570 g/mol. The fraction of sp³-hybridized carbons (Fsp3) is 0.296. The van der Waals surface area contributed by atoms with Gasteiger partial charge in [0.1, 0.15) is 17.4 Å². The van der Waals surface area contributed by atoms with Gasteiger partial charge in [-0.25, -0.2) is 9.59 Å². The molecule has 42 heavy (non-hydrogen) atoms. The minimum Gasteiger partial charge on any atom is -0.460 e. The second kappa shape index (κ2) is 17.7. The molecule has 3 N–H and O–H groups in total. The van der Waals surface area contributed by atoms with Gasteiger partial charge in [-0.05, 0) is 24.0 Å². The SMILES string of the molecule is C=CCO.C=CCOc1nc2oc(=O)cc(CC)c2c(=O)[nH]1.CC#N.CCc1cc(=O)oc2nc(S(C)=O)[nH]c(=O)c12. The summed E-state index contributed by atoms with van der Waals surface area (Å²) in [7, 11) is -1.44. The van der Waals surface area contributed by atoms with Crippen LogP contribution in [0.25, 0.3) is 22.2 Å². The van der Waals surface area contributed by atoms with E-state index in [2.05, 4.69) is 33.1 Å². The number of fused-ring (bicyclic) bond motifs is 2. The Bertz CT molecular complexity index is 1830. The van der Waals surface area contributed by atoms with E-state index < -0.39 is 27.6 Å². The maximum absolute atomic E-state index is 11.9. The van der Waals surface area contributed by atoms with Crippen LogP contribution in [0.2, 0.25) is 0 Å². The number of nitrogens with zero attached hydrogens (tertiary/aromatic N) is 3. The van der Waals surface area contributed by atoms with Gasteiger partial charge < -0.3 is 18.7 Å². The largest absolute Gasteiger partial charge is 0.460 e. The van der Waals surface area contributed by atoms with Crippen LogP contribution in [0.5, 0.6) is 6.01 Å². The number of aryl methyl sites for hydroxylation is 2. The fourth-order valence-electron chi connectivity index (χ4n) is 3.16. The van der Waals surface area contributed by atoms with Crippen molar-refractivity contribution in [3.63, 3.8) is 0 Å². The van der Waals surface area contributed by atoms with Crippen molar-refractivity contribution in [1.29, 1.82) is 5.26 Å². The number of aromatic amines is 2. The number of ether oxygens (including phenoxy) is 1. The summed E-state index contributed by atoms with van der Waals surface area (Å²) < 4.78 is 26.1. The first-order valence-corrected chi connectivity index (χ1v) is 13.8. The van der Waals surface area contributed by atoms with Gasteiger partial charge in [0.15, 0.2) is 0 Å². The zero-order valence-corrected chi connectivity index (χ0v) is 24.3. The Balaban J connectivity index is 0.000000345. The molecule has 0 amide bonds. The van der Waals surface area contributed by atoms with Crippen LogP contribution in [-0.4, -0.2) is 48.7 Å². The average Bonchev–Trinajstić information content (AvgIpc) is 2.95. The van der Waals surface area contributed by atoms with Gasteiger partial charge in [0.05, 0.1) is 23.5 Å². The Morgan fingerprint density at radius 2 is 1.43 bits per heavy atom. The molecule has 0 fully saturated rings. The highest BCUT2D eigenvalue weighted by Gasteiger charge is 2.13. The van der Waals surface area contributed by atoms with E-state index in [4.69, 9.17) is 23.9 Å². The van der Waals surface area contributed by atoms with Crippen LogP contribution in [0, 0.1) is 11.3 Å². The molecule has 224 valence electrons. The quantitative estimate of drug-likeness (QED) is 0.204. The first-order chi connectivity index (χ1) is 20.0. The Kier molecular flexibility index (Phi) is 14.8. The molecule has 4 aromatic heterocycles. The minimum absolute atomic E-state index is 0.00102. The van der Waals surface area contributed by atoms with Crippen LogP contribution in [0.1, 0.15) is 31.9 Å². The number of aliphatic hydroxyl groups excluding tert-OH is 1. The number of aliphatic hydroxyl groups is 1. The van der Waals surface area contributed by atoms with Crippen LogP contribution in [-0.2, 0) is 23.6 Å². The average molecular weight is 602 g/mol. The van der Waals surface area contributed by atoms with Gasteiger partial charge in [-0.3, -0.25) is 23.8 Å². The summed E-state index contributed by atoms with van der Waals surface area (Å²) in [6, 6.07) is 4.31. The molecule has 4 aromatic rings. The van der Waals surface area contributed by atoms with Crippen molar-refractivity contribution in [2.75, 3.05) is 19.5 Å². The molecule has 1 unspecified atom stereocenters. The Hall–Kier alpha value is -4.94. The molecule has 4 heterocycles. The summed E-state index contributed by atoms with van der Waals surface area (Å²) in [4.78, 5) is 59.0. The van der Waals surface area contributed by atoms with Crippen LogP contribution >= 0.6 is 0 Å². The van der Waals surface area contributed by atoms with Gasteiger partial charge in [0.2, 0.25) is 16.6 Å². The second-order valence-corrected chi connectivity index (χ2v) is 9.03. The summed E-state index contributed by atoms with van der Waals surface area (Å²) in [6.45, 7) is 12.1. The smallest absolute Gasteiger partial charge is 0.337 e. The van der Waals surface area contributed by atoms with Gasteiger partial charge in [-0.1, -0.05) is 32.6 Å². The molecular formula is C27H31N5O9S. The van der Waals surface area contributed by atoms with E-state index >= 15 is 0 Å². The van der Waals surface area contributed by atoms with Crippen molar-refractivity contribution in [3.8, 4) is 12.1 Å². The van der Waals surface area contributed by atoms with Gasteiger partial charge >= 0.3 is 11.3 Å². The van der Waals surface area contributed by atoms with Crippen LogP contribution in [0.3, 0.4) is 0 Å². The van der Waals surface area contributed by atoms with Crippen LogP contribution in [0.15, 0.2) is 70.6 Å². The topological polar surface area (TPSA) is 222 Å². The lowest BCUT2D eigenvalue weighted by Crippen LogP contribution is -2.16. The Morgan fingerprint density at radius 3 is 1.83 bits per heavy atom. The van der Waals surface area contributed by atoms with Crippen molar-refractivity contribution in [2.45, 2.75) is 38.8 Å². The van der Waals surface area contributed by atoms with Crippen molar-refractivity contribution >= 4 is 33.0 Å². The lowest BCUT2D eigenvalue weighted by Gasteiger charge is -2.04. The molecule has 15 heteroatoms. The Morgan fingerprint density at radius 1 is 0.976 bits per heavy atom. The Labute approximate surface area is 241 Å². The van der Waals surface area contributed by atoms with Gasteiger partial charge in [-0.2, -0.15) is 15.2 Å². The van der Waals surface area contributed by atoms with E-state index in [0.29, 0.717) is 24.0 Å². The molecule has 0 bridgehead atoms. The third-order valence-corrected chi connectivity index (χ3v) is 5.59. The highest BCUT2D eigenvalue weighted by atomic mass is 32.2. The fourth-order valence-corrected chi connectivity index (χ4v) is 3.61. The van der Waals surface area contributed by atoms with Crippen LogP contribution < -0.4 is 27.1 Å². The number of aromatic nitrogens is 4. The zero-order valence-electron chi connectivity index (χ0n) is 23.5. The summed E-state index contributed by atoms with van der Waals surface area (Å²) in [5, 5.41) is 15.6. The molecule has 0 aliphatic heterocycles. The van der Waals surface area contributed by atoms with Crippen LogP contribution in [0.4, 0.5) is 0 Å². The third kappa shape index (κ3) is 9.91. The molecule has 0 spiro atoms. The maximum Gasteiger partial charge on any atom is 0.337 e. The first-order valence-electron chi connectivity index (χ1n) is 12.2. The molecule has 4 rings (SSSR count). The predicted octanol–water partition coefficient (Wildman–Crippen LogP) is 1.87. The molecule has 0 radical (unpaired) electrons. The van der Waals surface area contributed by atoms with E-state index in [1.54, 1.807) is 6.07 Å². The van der Waals surface area contributed by atoms with Gasteiger partial charge in [0, 0.05) is 25.3 Å². The molecule has 0 aromatic carbocycles. The predicted molar refractivity (Wildman–Crippen MR) is 157 cm³/mol. The minimum atomic E-state index is -1.44. The van der Waals surface area contributed by atoms with Crippen molar-refractivity contribution in [1.82, 2.24) is 19.9 Å². The number of nitrogens with one attached hydrogen (secondary N) is 2. The van der Waals surface area contributed by atoms with E-state index in [1.165, 1.54) is 37.5 Å². The second-order valence-electron chi connectivity index (χ2n) is 7.74. The normalized spacial score (nSPS) is 10.5. The number of hydrogen-bond donors (Lipinski definition) is 3. The lowest BCUT2D eigenvalue weighted by molar-refractivity contribution is 0.331. The highest BCUT2D eigenvalue weighted by molar-refractivity contribution is 7.84. The standard InChI is InChI=1S/C12H12N2O4.C10H10N2O4S.C3H6O.C2H3N/c1-3-5-17-12-13-10(16)9-7(4-2)6-8(15)18-11(9)14-12;1-3-5-4-6(13)16-9-7(5)8(14)11-10(12-9)17(2)15;1-2-3-4;1-2-3/h3,6H,1,4-5H2,2H3,(H,13,14,16);4H,3H2,1-2H3,(H,11,12,14);2,4H,1,3H2;1H3. The number of rotatable bonds is 7. The summed E-state index contributed by atoms with van der Waals surface area (Å²) in [5.74, 6) is 0. The van der Waals surface area contributed by atoms with Crippen molar-refractivity contribution in [2.24, 2.45) is 0 Å². The van der Waals surface area contributed by atoms with Crippen molar-refractivity contribution < 1.29 is 22.9 Å². The molecule has 0 aliphatic rings. The highest BCUT2D eigenvalue weighted by Crippen LogP contribution is 2.13. The molecule has 0 aliphatic carbocycles. The number of nitriles is 1. The summed E-state index contributed by atoms with van der Waals surface area (Å²) in [6.07, 6.45) is 5.38. The van der Waals surface area contributed by atoms with E-state index in [1.807, 2.05) is 13.8 Å². The monoisotopic (exact) mass is 601 g/mol. The summed E-state index contributed by atoms with van der Waals surface area (Å²) in [5.41, 5.74) is -0.845. The van der Waals surface area contributed by atoms with Gasteiger partial charge in [0.25, 0.3) is 17.1 Å². The van der Waals surface area contributed by atoms with Gasteiger partial charge in [-0.15, -0.1) is 6.58 Å². The van der Waals surface area contributed by atoms with Crippen molar-refractivity contribution in [3.05, 3.63) is 90.1 Å². The van der Waals surface area contributed by atoms with E-state index in [-0.39, 0.29) is 52.1 Å². The first kappa shape index (κ1) is 35.1.